The SMILES string of the molecule is CC(C)c1nc(CCN)n(Cc2cccnc2)c1Sc1cc(Cl)cc(Cl)c1. The molecule has 0 unspecified atom stereocenters. The smallest absolute Gasteiger partial charge is 0.111 e. The van der Waals surface area contributed by atoms with Crippen LogP contribution in [0.15, 0.2) is 52.6 Å². The highest BCUT2D eigenvalue weighted by Crippen LogP contribution is 2.37. The number of rotatable bonds is 7. The van der Waals surface area contributed by atoms with Gasteiger partial charge in [-0.3, -0.25) is 4.98 Å². The molecule has 4 nitrogen and oxygen atoms in total. The molecule has 0 saturated carbocycles. The zero-order valence-corrected chi connectivity index (χ0v) is 17.7. The van der Waals surface area contributed by atoms with Gasteiger partial charge in [-0.25, -0.2) is 4.98 Å². The van der Waals surface area contributed by atoms with Crippen LogP contribution in [0, 0.1) is 0 Å². The van der Waals surface area contributed by atoms with Crippen molar-refractivity contribution in [2.75, 3.05) is 6.54 Å². The van der Waals surface area contributed by atoms with Crippen LogP contribution in [0.5, 0.6) is 0 Å². The van der Waals surface area contributed by atoms with Crippen molar-refractivity contribution < 1.29 is 0 Å². The molecule has 3 rings (SSSR count). The Labute approximate surface area is 174 Å². The van der Waals surface area contributed by atoms with Crippen LogP contribution in [0.25, 0.3) is 0 Å². The molecule has 0 saturated heterocycles. The van der Waals surface area contributed by atoms with Gasteiger partial charge in [0.15, 0.2) is 0 Å². The van der Waals surface area contributed by atoms with Crippen molar-refractivity contribution >= 4 is 35.0 Å². The molecule has 0 amide bonds. The van der Waals surface area contributed by atoms with Gasteiger partial charge in [-0.05, 0) is 42.3 Å². The van der Waals surface area contributed by atoms with Crippen LogP contribution in [-0.4, -0.2) is 21.1 Å². The Balaban J connectivity index is 2.08. The lowest BCUT2D eigenvalue weighted by Gasteiger charge is -2.13. The Morgan fingerprint density at radius 3 is 2.52 bits per heavy atom. The number of pyridine rings is 1. The van der Waals surface area contributed by atoms with E-state index in [0.717, 1.165) is 33.4 Å². The molecule has 0 bridgehead atoms. The number of nitrogens with two attached hydrogens (primary N) is 1. The third-order valence-corrected chi connectivity index (χ3v) is 5.58. The van der Waals surface area contributed by atoms with E-state index in [1.54, 1.807) is 24.0 Å². The van der Waals surface area contributed by atoms with E-state index in [1.807, 2.05) is 24.4 Å². The summed E-state index contributed by atoms with van der Waals surface area (Å²) in [5.74, 6) is 1.27. The number of imidazole rings is 1. The maximum absolute atomic E-state index is 6.20. The molecule has 0 fully saturated rings. The van der Waals surface area contributed by atoms with Gasteiger partial charge in [0.05, 0.1) is 12.2 Å². The highest BCUT2D eigenvalue weighted by atomic mass is 35.5. The van der Waals surface area contributed by atoms with Crippen LogP contribution in [0.1, 0.15) is 36.8 Å². The molecule has 0 spiro atoms. The Kier molecular flexibility index (Phi) is 6.82. The van der Waals surface area contributed by atoms with Crippen molar-refractivity contribution in [2.45, 2.75) is 42.7 Å². The first-order valence-electron chi connectivity index (χ1n) is 8.80. The Morgan fingerprint density at radius 1 is 1.19 bits per heavy atom. The van der Waals surface area contributed by atoms with Crippen LogP contribution >= 0.6 is 35.0 Å². The summed E-state index contributed by atoms with van der Waals surface area (Å²) in [6.45, 7) is 5.55. The number of hydrogen-bond donors (Lipinski definition) is 1. The first-order chi connectivity index (χ1) is 13.0. The predicted octanol–water partition coefficient (Wildman–Crippen LogP) is 5.41. The summed E-state index contributed by atoms with van der Waals surface area (Å²) in [6.07, 6.45) is 4.38. The largest absolute Gasteiger partial charge is 0.330 e. The summed E-state index contributed by atoms with van der Waals surface area (Å²) in [5.41, 5.74) is 8.02. The van der Waals surface area contributed by atoms with Gasteiger partial charge in [-0.1, -0.05) is 54.9 Å². The lowest BCUT2D eigenvalue weighted by molar-refractivity contribution is 0.663. The van der Waals surface area contributed by atoms with Crippen molar-refractivity contribution in [3.05, 3.63) is 69.9 Å². The third-order valence-electron chi connectivity index (χ3n) is 4.05. The molecule has 0 radical (unpaired) electrons. The summed E-state index contributed by atoms with van der Waals surface area (Å²) in [5, 5.41) is 2.34. The van der Waals surface area contributed by atoms with Gasteiger partial charge in [0.2, 0.25) is 0 Å². The lowest BCUT2D eigenvalue weighted by atomic mass is 10.1. The molecule has 2 N–H and O–H groups in total. The van der Waals surface area contributed by atoms with E-state index in [2.05, 4.69) is 29.5 Å². The molecule has 0 aliphatic carbocycles. The molecule has 27 heavy (non-hydrogen) atoms. The highest BCUT2D eigenvalue weighted by molar-refractivity contribution is 7.99. The minimum Gasteiger partial charge on any atom is -0.330 e. The van der Waals surface area contributed by atoms with Crippen LogP contribution in [0.2, 0.25) is 10.0 Å². The van der Waals surface area contributed by atoms with Crippen LogP contribution < -0.4 is 5.73 Å². The van der Waals surface area contributed by atoms with Gasteiger partial charge < -0.3 is 10.3 Å². The molecule has 0 aliphatic heterocycles. The Bertz CT molecular complexity index is 890. The van der Waals surface area contributed by atoms with Gasteiger partial charge in [0.25, 0.3) is 0 Å². The molecule has 3 aromatic rings. The first-order valence-corrected chi connectivity index (χ1v) is 10.4. The predicted molar refractivity (Wildman–Crippen MR) is 113 cm³/mol. The number of benzene rings is 1. The maximum Gasteiger partial charge on any atom is 0.111 e. The zero-order chi connectivity index (χ0) is 19.4. The number of hydrogen-bond acceptors (Lipinski definition) is 4. The Hall–Kier alpha value is -1.53. The van der Waals surface area contributed by atoms with Gasteiger partial charge in [-0.15, -0.1) is 0 Å². The number of halogens is 2. The van der Waals surface area contributed by atoms with Gasteiger partial charge in [-0.2, -0.15) is 0 Å². The molecule has 0 aliphatic rings. The summed E-state index contributed by atoms with van der Waals surface area (Å²) in [4.78, 5) is 10.1. The molecule has 2 heterocycles. The van der Waals surface area contributed by atoms with E-state index in [0.29, 0.717) is 23.1 Å². The summed E-state index contributed by atoms with van der Waals surface area (Å²) >= 11 is 14.0. The average molecular weight is 421 g/mol. The lowest BCUT2D eigenvalue weighted by Crippen LogP contribution is -2.11. The molecule has 142 valence electrons. The zero-order valence-electron chi connectivity index (χ0n) is 15.3. The standard InChI is InChI=1S/C20H22Cl2N4S/c1-13(2)19-20(27-17-9-15(21)8-16(22)10-17)26(18(25-19)5-6-23)12-14-4-3-7-24-11-14/h3-4,7-11,13H,5-6,12,23H2,1-2H3. The minimum atomic E-state index is 0.286. The number of nitrogens with zero attached hydrogens (tertiary/aromatic N) is 3. The van der Waals surface area contributed by atoms with E-state index >= 15 is 0 Å². The Morgan fingerprint density at radius 2 is 1.93 bits per heavy atom. The van der Waals surface area contributed by atoms with Gasteiger partial charge >= 0.3 is 0 Å². The summed E-state index contributed by atoms with van der Waals surface area (Å²) in [6, 6.07) is 9.60. The van der Waals surface area contributed by atoms with E-state index in [-0.39, 0.29) is 5.92 Å². The van der Waals surface area contributed by atoms with Crippen LogP contribution in [0.4, 0.5) is 0 Å². The second kappa shape index (κ2) is 9.11. The second-order valence-electron chi connectivity index (χ2n) is 6.57. The fraction of sp³-hybridized carbons (Fsp3) is 0.300. The maximum atomic E-state index is 6.20. The fourth-order valence-electron chi connectivity index (χ4n) is 2.84. The van der Waals surface area contributed by atoms with Gasteiger partial charge in [0, 0.05) is 33.8 Å². The van der Waals surface area contributed by atoms with Crippen molar-refractivity contribution in [3.8, 4) is 0 Å². The van der Waals surface area contributed by atoms with Crippen LogP contribution in [0.3, 0.4) is 0 Å². The molecular formula is C20H22Cl2N4S. The van der Waals surface area contributed by atoms with E-state index in [4.69, 9.17) is 33.9 Å². The molecular weight excluding hydrogens is 399 g/mol. The average Bonchev–Trinajstić information content (AvgIpc) is 2.93. The fourth-order valence-corrected chi connectivity index (χ4v) is 4.76. The normalized spacial score (nSPS) is 11.3. The van der Waals surface area contributed by atoms with Crippen molar-refractivity contribution in [1.82, 2.24) is 14.5 Å². The first kappa shape index (κ1) is 20.2. The summed E-state index contributed by atoms with van der Waals surface area (Å²) in [7, 11) is 0. The van der Waals surface area contributed by atoms with Crippen LogP contribution in [-0.2, 0) is 13.0 Å². The van der Waals surface area contributed by atoms with E-state index in [1.165, 1.54) is 0 Å². The number of aromatic nitrogens is 3. The van der Waals surface area contributed by atoms with Crippen molar-refractivity contribution in [2.24, 2.45) is 5.73 Å². The van der Waals surface area contributed by atoms with Crippen molar-refractivity contribution in [1.29, 1.82) is 0 Å². The third kappa shape index (κ3) is 5.05. The summed E-state index contributed by atoms with van der Waals surface area (Å²) < 4.78 is 2.23. The molecule has 0 atom stereocenters. The quantitative estimate of drug-likeness (QED) is 0.554. The van der Waals surface area contributed by atoms with Gasteiger partial charge in [0.1, 0.15) is 10.9 Å². The van der Waals surface area contributed by atoms with E-state index in [9.17, 15) is 0 Å². The molecule has 7 heteroatoms. The topological polar surface area (TPSA) is 56.7 Å². The second-order valence-corrected chi connectivity index (χ2v) is 8.50. The molecule has 1 aromatic carbocycles. The monoisotopic (exact) mass is 420 g/mol. The van der Waals surface area contributed by atoms with E-state index < -0.39 is 0 Å². The highest BCUT2D eigenvalue weighted by Gasteiger charge is 2.20. The molecule has 2 aromatic heterocycles. The minimum absolute atomic E-state index is 0.286. The van der Waals surface area contributed by atoms with Crippen molar-refractivity contribution in [3.63, 3.8) is 0 Å².